The van der Waals surface area contributed by atoms with E-state index in [-0.39, 0.29) is 11.8 Å². The first-order valence-electron chi connectivity index (χ1n) is 7.13. The maximum absolute atomic E-state index is 12.4. The monoisotopic (exact) mass is 282 g/mol. The van der Waals surface area contributed by atoms with Gasteiger partial charge in [0.25, 0.3) is 0 Å². The van der Waals surface area contributed by atoms with Gasteiger partial charge >= 0.3 is 0 Å². The first-order valence-corrected chi connectivity index (χ1v) is 8.78. The highest BCUT2D eigenvalue weighted by molar-refractivity contribution is 7.91. The van der Waals surface area contributed by atoms with E-state index in [9.17, 15) is 8.42 Å². The highest BCUT2D eigenvalue weighted by Gasteiger charge is 2.26. The van der Waals surface area contributed by atoms with Crippen molar-refractivity contribution < 1.29 is 13.3 Å². The van der Waals surface area contributed by atoms with Crippen molar-refractivity contribution in [3.8, 4) is 0 Å². The highest BCUT2D eigenvalue weighted by atomic mass is 32.2. The van der Waals surface area contributed by atoms with Gasteiger partial charge in [0.05, 0.1) is 24.0 Å². The lowest BCUT2D eigenvalue weighted by atomic mass is 10.1. The van der Waals surface area contributed by atoms with E-state index in [4.69, 9.17) is 0 Å². The minimum absolute atomic E-state index is 0.187. The first kappa shape index (κ1) is 14.5. The van der Waals surface area contributed by atoms with Gasteiger partial charge in [-0.2, -0.15) is 0 Å². The summed E-state index contributed by atoms with van der Waals surface area (Å²) in [5.74, 6) is 0.255. The molecule has 1 atom stereocenters. The number of sulfone groups is 1. The van der Waals surface area contributed by atoms with Crippen molar-refractivity contribution in [2.24, 2.45) is 0 Å². The third-order valence-corrected chi connectivity index (χ3v) is 5.97. The van der Waals surface area contributed by atoms with Crippen LogP contribution in [0.25, 0.3) is 0 Å². The average molecular weight is 282 g/mol. The predicted molar refractivity (Wildman–Crippen MR) is 77.2 cm³/mol. The molecule has 1 aliphatic rings. The molecule has 4 heteroatoms. The summed E-state index contributed by atoms with van der Waals surface area (Å²) in [6.07, 6.45) is 3.75. The second-order valence-electron chi connectivity index (χ2n) is 5.71. The molecule has 0 amide bonds. The number of hydrogen-bond donors (Lipinski definition) is 1. The lowest BCUT2D eigenvalue weighted by molar-refractivity contribution is -0.925. The zero-order valence-corrected chi connectivity index (χ0v) is 12.7. The Hall–Kier alpha value is -0.870. The number of piperidine rings is 1. The number of rotatable bonds is 4. The maximum Gasteiger partial charge on any atom is 0.184 e. The molecule has 0 unspecified atom stereocenters. The van der Waals surface area contributed by atoms with Crippen LogP contribution in [0.1, 0.15) is 31.7 Å². The van der Waals surface area contributed by atoms with Gasteiger partial charge in [-0.25, -0.2) is 8.42 Å². The van der Waals surface area contributed by atoms with Gasteiger partial charge in [0.15, 0.2) is 9.84 Å². The van der Waals surface area contributed by atoms with Crippen LogP contribution in [-0.2, 0) is 9.84 Å². The molecule has 1 N–H and O–H groups in total. The SMILES string of the molecule is Cc1ccc(S(=O)(=O)C[C@@H](C)[NH+]2CCCCC2)cc1. The van der Waals surface area contributed by atoms with Gasteiger partial charge in [0.2, 0.25) is 0 Å². The second-order valence-corrected chi connectivity index (χ2v) is 7.75. The second kappa shape index (κ2) is 6.06. The van der Waals surface area contributed by atoms with Gasteiger partial charge in [0.1, 0.15) is 5.75 Å². The molecule has 1 fully saturated rings. The van der Waals surface area contributed by atoms with Gasteiger partial charge in [-0.1, -0.05) is 17.7 Å². The van der Waals surface area contributed by atoms with Gasteiger partial charge in [-0.15, -0.1) is 0 Å². The summed E-state index contributed by atoms with van der Waals surface area (Å²) in [5.41, 5.74) is 1.09. The van der Waals surface area contributed by atoms with Crippen molar-refractivity contribution in [1.29, 1.82) is 0 Å². The van der Waals surface area contributed by atoms with Crippen LogP contribution in [0.5, 0.6) is 0 Å². The number of likely N-dealkylation sites (tertiary alicyclic amines) is 1. The summed E-state index contributed by atoms with van der Waals surface area (Å²) < 4.78 is 24.8. The molecule has 0 radical (unpaired) electrons. The Kier molecular flexibility index (Phi) is 4.63. The van der Waals surface area contributed by atoms with E-state index in [0.717, 1.165) is 18.7 Å². The number of benzene rings is 1. The Balaban J connectivity index is 2.05. The van der Waals surface area contributed by atoms with Crippen molar-refractivity contribution >= 4 is 9.84 Å². The average Bonchev–Trinajstić information content (AvgIpc) is 2.40. The summed E-state index contributed by atoms with van der Waals surface area (Å²) in [7, 11) is -3.15. The Morgan fingerprint density at radius 3 is 2.26 bits per heavy atom. The van der Waals surface area contributed by atoms with Crippen LogP contribution in [0.15, 0.2) is 29.2 Å². The fourth-order valence-electron chi connectivity index (χ4n) is 2.79. The van der Waals surface area contributed by atoms with Gasteiger partial charge in [0, 0.05) is 0 Å². The van der Waals surface area contributed by atoms with Crippen molar-refractivity contribution in [3.63, 3.8) is 0 Å². The molecule has 0 aromatic heterocycles. The van der Waals surface area contributed by atoms with Crippen LogP contribution >= 0.6 is 0 Å². The van der Waals surface area contributed by atoms with Gasteiger partial charge < -0.3 is 4.90 Å². The standard InChI is InChI=1S/C15H23NO2S/c1-13-6-8-15(9-7-13)19(17,18)12-14(2)16-10-4-3-5-11-16/h6-9,14H,3-5,10-12H2,1-2H3/p+1/t14-/m1/s1. The first-order chi connectivity index (χ1) is 8.99. The minimum Gasteiger partial charge on any atom is -0.332 e. The van der Waals surface area contributed by atoms with E-state index in [1.807, 2.05) is 19.1 Å². The van der Waals surface area contributed by atoms with E-state index in [0.29, 0.717) is 4.90 Å². The predicted octanol–water partition coefficient (Wildman–Crippen LogP) is 1.23. The van der Waals surface area contributed by atoms with Crippen molar-refractivity contribution in [2.75, 3.05) is 18.8 Å². The molecule has 1 aliphatic heterocycles. The summed E-state index contributed by atoms with van der Waals surface area (Å²) in [6, 6.07) is 7.37. The third kappa shape index (κ3) is 3.80. The summed E-state index contributed by atoms with van der Waals surface area (Å²) in [5, 5.41) is 0. The van der Waals surface area contributed by atoms with Gasteiger partial charge in [-0.05, 0) is 45.2 Å². The van der Waals surface area contributed by atoms with Crippen LogP contribution in [0.4, 0.5) is 0 Å². The summed E-state index contributed by atoms with van der Waals surface area (Å²) in [6.45, 7) is 6.26. The number of aryl methyl sites for hydroxylation is 1. The molecule has 0 saturated carbocycles. The molecule has 3 nitrogen and oxygen atoms in total. The molecular weight excluding hydrogens is 258 g/mol. The molecule has 0 bridgehead atoms. The normalized spacial score (nSPS) is 19.3. The molecule has 0 aliphatic carbocycles. The number of hydrogen-bond acceptors (Lipinski definition) is 2. The molecule has 1 aromatic carbocycles. The topological polar surface area (TPSA) is 38.6 Å². The smallest absolute Gasteiger partial charge is 0.184 e. The molecule has 19 heavy (non-hydrogen) atoms. The molecular formula is C15H24NO2S+. The Labute approximate surface area is 116 Å². The Bertz CT molecular complexity index is 501. The molecule has 1 heterocycles. The lowest BCUT2D eigenvalue weighted by Gasteiger charge is -2.29. The summed E-state index contributed by atoms with van der Waals surface area (Å²) in [4.78, 5) is 1.91. The van der Waals surface area contributed by atoms with Crippen LogP contribution in [-0.4, -0.2) is 33.3 Å². The summed E-state index contributed by atoms with van der Waals surface area (Å²) >= 11 is 0. The lowest BCUT2D eigenvalue weighted by Crippen LogP contribution is -3.16. The van der Waals surface area contributed by atoms with Crippen LogP contribution in [0.2, 0.25) is 0 Å². The van der Waals surface area contributed by atoms with Crippen LogP contribution < -0.4 is 4.90 Å². The molecule has 1 aromatic rings. The molecule has 2 rings (SSSR count). The Morgan fingerprint density at radius 2 is 1.68 bits per heavy atom. The van der Waals surface area contributed by atoms with E-state index in [1.54, 1.807) is 12.1 Å². The van der Waals surface area contributed by atoms with Gasteiger partial charge in [-0.3, -0.25) is 0 Å². The third-order valence-electron chi connectivity index (χ3n) is 4.04. The fourth-order valence-corrected chi connectivity index (χ4v) is 4.42. The number of nitrogens with one attached hydrogen (secondary N) is 1. The minimum atomic E-state index is -3.15. The maximum atomic E-state index is 12.4. The zero-order valence-electron chi connectivity index (χ0n) is 11.9. The highest BCUT2D eigenvalue weighted by Crippen LogP contribution is 2.12. The quantitative estimate of drug-likeness (QED) is 0.902. The van der Waals surface area contributed by atoms with Crippen molar-refractivity contribution in [1.82, 2.24) is 0 Å². The van der Waals surface area contributed by atoms with Crippen LogP contribution in [0, 0.1) is 6.92 Å². The van der Waals surface area contributed by atoms with E-state index in [2.05, 4.69) is 6.92 Å². The fraction of sp³-hybridized carbons (Fsp3) is 0.600. The molecule has 0 spiro atoms. The van der Waals surface area contributed by atoms with Crippen LogP contribution in [0.3, 0.4) is 0 Å². The zero-order chi connectivity index (χ0) is 13.9. The van der Waals surface area contributed by atoms with Crippen molar-refractivity contribution in [3.05, 3.63) is 29.8 Å². The Morgan fingerprint density at radius 1 is 1.11 bits per heavy atom. The largest absolute Gasteiger partial charge is 0.332 e. The van der Waals surface area contributed by atoms with E-state index in [1.165, 1.54) is 24.2 Å². The van der Waals surface area contributed by atoms with E-state index < -0.39 is 9.84 Å². The van der Waals surface area contributed by atoms with E-state index >= 15 is 0 Å². The molecule has 1 saturated heterocycles. The number of quaternary nitrogens is 1. The molecule has 106 valence electrons. The van der Waals surface area contributed by atoms with Crippen molar-refractivity contribution in [2.45, 2.75) is 44.0 Å².